The van der Waals surface area contributed by atoms with E-state index < -0.39 is 12.1 Å². The van der Waals surface area contributed by atoms with E-state index in [0.29, 0.717) is 46.5 Å². The lowest BCUT2D eigenvalue weighted by Crippen LogP contribution is -2.04. The number of fused-ring (bicyclic) bond motifs is 1. The van der Waals surface area contributed by atoms with Crippen molar-refractivity contribution in [3.8, 4) is 34.4 Å². The van der Waals surface area contributed by atoms with Gasteiger partial charge in [0.25, 0.3) is 0 Å². The molecule has 9 nitrogen and oxygen atoms in total. The van der Waals surface area contributed by atoms with Crippen LogP contribution in [0.15, 0.2) is 64.2 Å². The summed E-state index contributed by atoms with van der Waals surface area (Å²) in [4.78, 5) is 3.38. The second-order valence-corrected chi connectivity index (χ2v) is 7.91. The van der Waals surface area contributed by atoms with Crippen molar-refractivity contribution in [2.75, 3.05) is 12.1 Å². The summed E-state index contributed by atoms with van der Waals surface area (Å²) in [5.74, 6) is 0.410. The third-order valence-corrected chi connectivity index (χ3v) is 5.40. The number of benzene rings is 3. The molecule has 0 amide bonds. The second kappa shape index (κ2) is 9.38. The molecule has 0 radical (unpaired) electrons. The van der Waals surface area contributed by atoms with Crippen molar-refractivity contribution in [1.82, 2.24) is 10.1 Å². The number of nitrogens with zero attached hydrogens (tertiary/aromatic N) is 3. The number of nitrogens with one attached hydrogen (secondary N) is 2. The zero-order chi connectivity index (χ0) is 25.3. The summed E-state index contributed by atoms with van der Waals surface area (Å²) >= 11 is 6.33. The fourth-order valence-electron chi connectivity index (χ4n) is 3.35. The van der Waals surface area contributed by atoms with E-state index >= 15 is 0 Å². The summed E-state index contributed by atoms with van der Waals surface area (Å²) < 4.78 is 58.9. The van der Waals surface area contributed by atoms with Gasteiger partial charge in [-0.1, -0.05) is 41.0 Å². The van der Waals surface area contributed by atoms with Gasteiger partial charge in [-0.15, -0.1) is 0 Å². The molecule has 1 aromatic heterocycles. The van der Waals surface area contributed by atoms with E-state index in [-0.39, 0.29) is 17.6 Å². The lowest BCUT2D eigenvalue weighted by molar-refractivity contribution is -0.159. The molecule has 1 aliphatic rings. The van der Waals surface area contributed by atoms with Crippen LogP contribution < -0.4 is 19.5 Å². The molecule has 4 aromatic rings. The Hall–Kier alpha value is -4.32. The quantitative estimate of drug-likeness (QED) is 0.249. The molecule has 0 bridgehead atoms. The lowest BCUT2D eigenvalue weighted by Gasteiger charge is -2.14. The van der Waals surface area contributed by atoms with Crippen LogP contribution in [0.5, 0.6) is 23.0 Å². The minimum absolute atomic E-state index is 0.137. The largest absolute Gasteiger partial charge is 0.471 e. The zero-order valence-electron chi connectivity index (χ0n) is 18.1. The summed E-state index contributed by atoms with van der Waals surface area (Å²) in [6, 6.07) is 14.8. The van der Waals surface area contributed by atoms with Crippen molar-refractivity contribution in [2.24, 2.45) is 5.11 Å². The molecular weight excluding hydrogens is 503 g/mol. The van der Waals surface area contributed by atoms with Gasteiger partial charge in [-0.2, -0.15) is 23.3 Å². The molecule has 0 aliphatic carbocycles. The molecule has 36 heavy (non-hydrogen) atoms. The summed E-state index contributed by atoms with van der Waals surface area (Å²) in [6.45, 7) is 0.450. The first-order valence-corrected chi connectivity index (χ1v) is 10.7. The standard InChI is InChI=1S/C23H15ClF3N5O4/c24-15-8-17(31-28)16(9-19(15)35-14-5-6-18-20(7-14)34-11-33-18)29-10-12-1-3-13(4-2-12)21-30-22(36-32-21)23(25,26)27/h1-9,28-29H,10-11H2. The first-order chi connectivity index (χ1) is 17.3. The molecule has 0 spiro atoms. The Labute approximate surface area is 206 Å². The molecule has 0 saturated heterocycles. The van der Waals surface area contributed by atoms with E-state index in [0.717, 1.165) is 5.56 Å². The maximum atomic E-state index is 12.7. The highest BCUT2D eigenvalue weighted by molar-refractivity contribution is 6.32. The molecule has 184 valence electrons. The molecule has 2 N–H and O–H groups in total. The number of halogens is 4. The van der Waals surface area contributed by atoms with Gasteiger partial charge in [0.05, 0.1) is 10.7 Å². The average Bonchev–Trinajstić information content (AvgIpc) is 3.54. The summed E-state index contributed by atoms with van der Waals surface area (Å²) in [5, 5.41) is 10.3. The Bertz CT molecular complexity index is 1430. The van der Waals surface area contributed by atoms with Gasteiger partial charge in [-0.25, -0.2) is 5.53 Å². The normalized spacial score (nSPS) is 12.4. The Balaban J connectivity index is 1.30. The van der Waals surface area contributed by atoms with Gasteiger partial charge in [0, 0.05) is 24.2 Å². The fraction of sp³-hybridized carbons (Fsp3) is 0.130. The van der Waals surface area contributed by atoms with Gasteiger partial charge in [0.15, 0.2) is 11.5 Å². The topological polar surface area (TPSA) is 115 Å². The van der Waals surface area contributed by atoms with Crippen LogP contribution in [0.4, 0.5) is 24.5 Å². The fourth-order valence-corrected chi connectivity index (χ4v) is 3.54. The summed E-state index contributed by atoms with van der Waals surface area (Å²) in [5.41, 5.74) is 9.40. The number of rotatable bonds is 7. The van der Waals surface area contributed by atoms with Crippen LogP contribution in [0.1, 0.15) is 11.5 Å². The van der Waals surface area contributed by atoms with E-state index in [2.05, 4.69) is 25.1 Å². The van der Waals surface area contributed by atoms with Crippen LogP contribution in [0.2, 0.25) is 5.02 Å². The monoisotopic (exact) mass is 517 g/mol. The maximum Gasteiger partial charge on any atom is 0.471 e. The van der Waals surface area contributed by atoms with Crippen molar-refractivity contribution in [1.29, 1.82) is 5.53 Å². The van der Waals surface area contributed by atoms with E-state index in [4.69, 9.17) is 31.3 Å². The summed E-state index contributed by atoms with van der Waals surface area (Å²) in [7, 11) is 0. The van der Waals surface area contributed by atoms with Crippen LogP contribution in [-0.4, -0.2) is 16.9 Å². The highest BCUT2D eigenvalue weighted by atomic mass is 35.5. The molecule has 0 saturated carbocycles. The molecule has 0 unspecified atom stereocenters. The number of hydrogen-bond donors (Lipinski definition) is 2. The van der Waals surface area contributed by atoms with Crippen molar-refractivity contribution in [2.45, 2.75) is 12.7 Å². The number of ether oxygens (including phenoxy) is 3. The van der Waals surface area contributed by atoms with Gasteiger partial charge in [-0.05, 0) is 23.8 Å². The van der Waals surface area contributed by atoms with Crippen molar-refractivity contribution < 1.29 is 31.9 Å². The van der Waals surface area contributed by atoms with Crippen LogP contribution in [-0.2, 0) is 12.7 Å². The van der Waals surface area contributed by atoms with Gasteiger partial charge in [0.1, 0.15) is 17.2 Å². The minimum atomic E-state index is -4.71. The Morgan fingerprint density at radius 3 is 2.56 bits per heavy atom. The zero-order valence-corrected chi connectivity index (χ0v) is 18.9. The first-order valence-electron chi connectivity index (χ1n) is 10.3. The first kappa shape index (κ1) is 23.4. The van der Waals surface area contributed by atoms with Gasteiger partial charge in [0.2, 0.25) is 12.6 Å². The molecule has 2 heterocycles. The molecular formula is C23H15ClF3N5O4. The molecule has 3 aromatic carbocycles. The number of anilines is 1. The maximum absolute atomic E-state index is 12.7. The third kappa shape index (κ3) is 4.89. The third-order valence-electron chi connectivity index (χ3n) is 5.11. The van der Waals surface area contributed by atoms with E-state index in [1.807, 2.05) is 0 Å². The SMILES string of the molecule is N=Nc1cc(Cl)c(Oc2ccc3c(c2)OCO3)cc1NCc1ccc(-c2noc(C(F)(F)F)n2)cc1. The molecule has 0 fully saturated rings. The Morgan fingerprint density at radius 2 is 1.83 bits per heavy atom. The Morgan fingerprint density at radius 1 is 1.06 bits per heavy atom. The molecule has 5 rings (SSSR count). The highest BCUT2D eigenvalue weighted by Gasteiger charge is 2.38. The number of alkyl halides is 3. The molecule has 1 aliphatic heterocycles. The second-order valence-electron chi connectivity index (χ2n) is 7.50. The van der Waals surface area contributed by atoms with E-state index in [1.54, 1.807) is 48.5 Å². The highest BCUT2D eigenvalue weighted by Crippen LogP contribution is 2.41. The van der Waals surface area contributed by atoms with Crippen molar-refractivity contribution in [3.05, 3.63) is 71.1 Å². The predicted octanol–water partition coefficient (Wildman–Crippen LogP) is 7.20. The van der Waals surface area contributed by atoms with E-state index in [1.165, 1.54) is 6.07 Å². The van der Waals surface area contributed by atoms with Gasteiger partial charge < -0.3 is 24.1 Å². The van der Waals surface area contributed by atoms with Crippen LogP contribution >= 0.6 is 11.6 Å². The smallest absolute Gasteiger partial charge is 0.456 e. The number of aromatic nitrogens is 2. The molecule has 0 atom stereocenters. The van der Waals surface area contributed by atoms with Gasteiger partial charge in [-0.3, -0.25) is 0 Å². The van der Waals surface area contributed by atoms with Crippen LogP contribution in [0.3, 0.4) is 0 Å². The van der Waals surface area contributed by atoms with Crippen molar-refractivity contribution >= 4 is 23.0 Å². The predicted molar refractivity (Wildman–Crippen MR) is 121 cm³/mol. The van der Waals surface area contributed by atoms with E-state index in [9.17, 15) is 13.2 Å². The van der Waals surface area contributed by atoms with Crippen molar-refractivity contribution in [3.63, 3.8) is 0 Å². The Kier molecular flexibility index (Phi) is 6.10. The van der Waals surface area contributed by atoms with Gasteiger partial charge >= 0.3 is 12.1 Å². The lowest BCUT2D eigenvalue weighted by atomic mass is 10.1. The summed E-state index contributed by atoms with van der Waals surface area (Å²) in [6.07, 6.45) is -4.71. The molecule has 13 heteroatoms. The minimum Gasteiger partial charge on any atom is -0.456 e. The van der Waals surface area contributed by atoms with Crippen LogP contribution in [0.25, 0.3) is 11.4 Å². The van der Waals surface area contributed by atoms with Crippen LogP contribution in [0, 0.1) is 5.53 Å². The number of hydrogen-bond acceptors (Lipinski definition) is 9. The average molecular weight is 518 g/mol.